The van der Waals surface area contributed by atoms with Crippen molar-refractivity contribution in [2.45, 2.75) is 5.41 Å². The Kier molecular flexibility index (Phi) is 11.2. The topological polar surface area (TPSA) is 112 Å². The number of carbonyl (C=O) groups is 4. The Hall–Kier alpha value is -5.98. The van der Waals surface area contributed by atoms with Crippen molar-refractivity contribution < 1.29 is 47.1 Å². The minimum Gasteiger partial charge on any atom is -0.460 e. The van der Waals surface area contributed by atoms with E-state index in [0.29, 0.717) is 11.1 Å². The van der Waals surface area contributed by atoms with E-state index in [2.05, 4.69) is 13.2 Å². The summed E-state index contributed by atoms with van der Waals surface area (Å²) < 4.78 is 41.8. The van der Waals surface area contributed by atoms with Gasteiger partial charge in [-0.3, -0.25) is 19.3 Å². The number of hydrogen-bond donors (Lipinski definition) is 0. The van der Waals surface area contributed by atoms with Crippen molar-refractivity contribution in [1.29, 1.82) is 0 Å². The average molecular weight is 697 g/mol. The molecule has 5 rings (SSSR count). The van der Waals surface area contributed by atoms with Crippen molar-refractivity contribution >= 4 is 23.8 Å². The maximum Gasteiger partial charge on any atom is 0.330 e. The average Bonchev–Trinajstić information content (AvgIpc) is 3.45. The van der Waals surface area contributed by atoms with Crippen LogP contribution in [0.15, 0.2) is 110 Å². The molecule has 0 spiro atoms. The lowest BCUT2D eigenvalue weighted by molar-refractivity contribution is -0.148. The van der Waals surface area contributed by atoms with Crippen LogP contribution in [0.3, 0.4) is 0 Å². The van der Waals surface area contributed by atoms with E-state index >= 15 is 8.78 Å². The fourth-order valence-corrected chi connectivity index (χ4v) is 6.07. The first-order valence-corrected chi connectivity index (χ1v) is 15.7. The van der Waals surface area contributed by atoms with E-state index in [1.807, 2.05) is 48.5 Å². The summed E-state index contributed by atoms with van der Waals surface area (Å²) in [5.41, 5.74) is 2.17. The van der Waals surface area contributed by atoms with Gasteiger partial charge in [0.15, 0.2) is 0 Å². The SMILES string of the molecule is C=CC(=O)OCCON(C)C(=O)c1ccc(C2(c3ccc(C(=O)N(C)OCCOC(=O)C=C)c(F)c3)c3ccccc3-c3ccccc32)cc1F. The molecule has 10 nitrogen and oxygen atoms in total. The van der Waals surface area contributed by atoms with Gasteiger partial charge in [-0.05, 0) is 57.6 Å². The Morgan fingerprint density at radius 3 is 1.39 bits per heavy atom. The van der Waals surface area contributed by atoms with Gasteiger partial charge in [-0.25, -0.2) is 28.5 Å². The van der Waals surface area contributed by atoms with Crippen LogP contribution in [0.5, 0.6) is 0 Å². The third-order valence-corrected chi connectivity index (χ3v) is 8.35. The first-order valence-electron chi connectivity index (χ1n) is 15.7. The summed E-state index contributed by atoms with van der Waals surface area (Å²) in [6, 6.07) is 23.4. The first kappa shape index (κ1) is 36.3. The van der Waals surface area contributed by atoms with Crippen LogP contribution in [0.2, 0.25) is 0 Å². The normalized spacial score (nSPS) is 12.2. The lowest BCUT2D eigenvalue weighted by atomic mass is 9.67. The van der Waals surface area contributed by atoms with Crippen LogP contribution in [0.4, 0.5) is 8.78 Å². The third-order valence-electron chi connectivity index (χ3n) is 8.35. The molecule has 0 aromatic heterocycles. The third kappa shape index (κ3) is 7.18. The van der Waals surface area contributed by atoms with Crippen molar-refractivity contribution in [3.63, 3.8) is 0 Å². The summed E-state index contributed by atoms with van der Waals surface area (Å²) in [6.07, 6.45) is 1.98. The van der Waals surface area contributed by atoms with Gasteiger partial charge in [0.25, 0.3) is 11.8 Å². The van der Waals surface area contributed by atoms with Crippen molar-refractivity contribution in [1.82, 2.24) is 10.1 Å². The molecule has 1 aliphatic carbocycles. The van der Waals surface area contributed by atoms with Gasteiger partial charge < -0.3 is 9.47 Å². The monoisotopic (exact) mass is 696 g/mol. The number of hydroxylamine groups is 4. The molecule has 0 bridgehead atoms. The summed E-state index contributed by atoms with van der Waals surface area (Å²) >= 11 is 0. The standard InChI is InChI=1S/C39H34F2N2O8/c1-5-35(44)48-19-21-50-42(3)37(46)29-17-15-25(23-33(29)40)39(31-13-9-7-11-27(31)28-12-8-10-14-32(28)39)26-16-18-30(34(41)24-26)38(47)43(4)51-22-20-49-36(45)6-2/h5-18,23-24H,1-2,19-22H2,3-4H3. The van der Waals surface area contributed by atoms with Crippen molar-refractivity contribution in [2.24, 2.45) is 0 Å². The second kappa shape index (κ2) is 15.7. The quantitative estimate of drug-likeness (QED) is 0.0621. The predicted molar refractivity (Wildman–Crippen MR) is 182 cm³/mol. The molecule has 0 unspecified atom stereocenters. The molecule has 51 heavy (non-hydrogen) atoms. The molecule has 2 amide bonds. The number of rotatable bonds is 14. The smallest absolute Gasteiger partial charge is 0.330 e. The molecule has 0 saturated carbocycles. The van der Waals surface area contributed by atoms with Crippen LogP contribution in [0, 0.1) is 11.6 Å². The van der Waals surface area contributed by atoms with Gasteiger partial charge in [0.1, 0.15) is 38.1 Å². The Morgan fingerprint density at radius 1 is 0.627 bits per heavy atom. The number of nitrogens with zero attached hydrogens (tertiary/aromatic N) is 2. The van der Waals surface area contributed by atoms with Gasteiger partial charge in [-0.15, -0.1) is 0 Å². The number of benzene rings is 4. The minimum absolute atomic E-state index is 0.150. The first-order chi connectivity index (χ1) is 24.5. The number of hydrogen-bond acceptors (Lipinski definition) is 8. The summed E-state index contributed by atoms with van der Waals surface area (Å²) in [7, 11) is 2.61. The second-order valence-electron chi connectivity index (χ2n) is 11.2. The zero-order valence-electron chi connectivity index (χ0n) is 27.9. The van der Waals surface area contributed by atoms with Gasteiger partial charge in [0.2, 0.25) is 0 Å². The Bertz CT molecular complexity index is 1870. The molecule has 12 heteroatoms. The molecule has 0 aliphatic heterocycles. The number of halogens is 2. The van der Waals surface area contributed by atoms with Gasteiger partial charge in [-0.2, -0.15) is 0 Å². The fourth-order valence-electron chi connectivity index (χ4n) is 6.07. The van der Waals surface area contributed by atoms with Gasteiger partial charge in [0, 0.05) is 26.2 Å². The zero-order chi connectivity index (χ0) is 36.7. The minimum atomic E-state index is -1.26. The summed E-state index contributed by atoms with van der Waals surface area (Å²) in [5, 5.41) is 1.69. The molecule has 4 aromatic rings. The molecular weight excluding hydrogens is 662 g/mol. The molecule has 0 radical (unpaired) electrons. The lowest BCUT2D eigenvalue weighted by Gasteiger charge is -2.34. The highest BCUT2D eigenvalue weighted by molar-refractivity contribution is 5.95. The van der Waals surface area contributed by atoms with Crippen LogP contribution in [-0.4, -0.2) is 74.4 Å². The molecule has 0 N–H and O–H groups in total. The van der Waals surface area contributed by atoms with Gasteiger partial charge in [-0.1, -0.05) is 73.8 Å². The van der Waals surface area contributed by atoms with Crippen LogP contribution < -0.4 is 0 Å². The van der Waals surface area contributed by atoms with E-state index < -0.39 is 40.8 Å². The number of ether oxygens (including phenoxy) is 2. The maximum atomic E-state index is 16.1. The second-order valence-corrected chi connectivity index (χ2v) is 11.2. The highest BCUT2D eigenvalue weighted by atomic mass is 19.1. The molecule has 0 heterocycles. The Balaban J connectivity index is 1.52. The van der Waals surface area contributed by atoms with Crippen LogP contribution in [0.1, 0.15) is 43.0 Å². The lowest BCUT2D eigenvalue weighted by Crippen LogP contribution is -2.32. The van der Waals surface area contributed by atoms with E-state index in [1.54, 1.807) is 12.1 Å². The van der Waals surface area contributed by atoms with Crippen molar-refractivity contribution in [3.05, 3.63) is 155 Å². The molecule has 0 atom stereocenters. The molecular formula is C39H34F2N2O8. The molecule has 1 aliphatic rings. The van der Waals surface area contributed by atoms with Crippen molar-refractivity contribution in [3.8, 4) is 11.1 Å². The molecule has 0 saturated heterocycles. The highest BCUT2D eigenvalue weighted by Gasteiger charge is 2.46. The van der Waals surface area contributed by atoms with Crippen LogP contribution >= 0.6 is 0 Å². The Labute approximate surface area is 293 Å². The summed E-state index contributed by atoms with van der Waals surface area (Å²) in [6.45, 7) is 5.99. The van der Waals surface area contributed by atoms with Gasteiger partial charge in [0.05, 0.1) is 16.5 Å². The molecule has 0 fully saturated rings. The summed E-state index contributed by atoms with van der Waals surface area (Å²) in [5.74, 6) is -4.57. The number of amides is 2. The van der Waals surface area contributed by atoms with E-state index in [9.17, 15) is 19.2 Å². The van der Waals surface area contributed by atoms with Crippen molar-refractivity contribution in [2.75, 3.05) is 40.5 Å². The molecule has 4 aromatic carbocycles. The van der Waals surface area contributed by atoms with Crippen LogP contribution in [-0.2, 0) is 34.2 Å². The van der Waals surface area contributed by atoms with E-state index in [4.69, 9.17) is 19.1 Å². The van der Waals surface area contributed by atoms with Gasteiger partial charge >= 0.3 is 11.9 Å². The number of carbonyl (C=O) groups excluding carboxylic acids is 4. The predicted octanol–water partition coefficient (Wildman–Crippen LogP) is 5.79. The molecule has 262 valence electrons. The fraction of sp³-hybridized carbons (Fsp3) is 0.179. The van der Waals surface area contributed by atoms with E-state index in [1.165, 1.54) is 38.4 Å². The largest absolute Gasteiger partial charge is 0.460 e. The van der Waals surface area contributed by atoms with E-state index in [0.717, 1.165) is 44.5 Å². The number of fused-ring (bicyclic) bond motifs is 3. The highest BCUT2D eigenvalue weighted by Crippen LogP contribution is 2.56. The zero-order valence-corrected chi connectivity index (χ0v) is 27.9. The van der Waals surface area contributed by atoms with Crippen LogP contribution in [0.25, 0.3) is 11.1 Å². The summed E-state index contributed by atoms with van der Waals surface area (Å²) in [4.78, 5) is 59.5. The maximum absolute atomic E-state index is 16.1. The van der Waals surface area contributed by atoms with E-state index in [-0.39, 0.29) is 37.6 Å². The Morgan fingerprint density at radius 2 is 1.02 bits per heavy atom. The number of esters is 2.